The lowest BCUT2D eigenvalue weighted by Crippen LogP contribution is -2.17. The molecule has 1 heterocycles. The van der Waals surface area contributed by atoms with Crippen molar-refractivity contribution in [2.24, 2.45) is 0 Å². The normalized spacial score (nSPS) is 10.3. The van der Waals surface area contributed by atoms with E-state index in [1.54, 1.807) is 6.07 Å². The monoisotopic (exact) mass is 298 g/mol. The number of aryl methyl sites for hydroxylation is 2. The van der Waals surface area contributed by atoms with Crippen LogP contribution in [0.3, 0.4) is 0 Å². The molecule has 2 rings (SSSR count). The number of aromatic nitrogens is 2. The molecule has 0 aliphatic heterocycles. The van der Waals surface area contributed by atoms with E-state index in [-0.39, 0.29) is 5.91 Å². The summed E-state index contributed by atoms with van der Waals surface area (Å²) in [4.78, 5) is 21.0. The summed E-state index contributed by atoms with van der Waals surface area (Å²) in [5, 5.41) is 6.05. The molecular weight excluding hydrogens is 276 g/mol. The van der Waals surface area contributed by atoms with E-state index in [1.807, 2.05) is 31.2 Å². The zero-order chi connectivity index (χ0) is 15.9. The van der Waals surface area contributed by atoms with Gasteiger partial charge in [-0.15, -0.1) is 0 Å². The zero-order valence-corrected chi connectivity index (χ0v) is 13.3. The minimum absolute atomic E-state index is 0.217. The van der Waals surface area contributed by atoms with Crippen molar-refractivity contribution in [3.05, 3.63) is 47.3 Å². The van der Waals surface area contributed by atoms with E-state index in [1.165, 1.54) is 0 Å². The average molecular weight is 298 g/mol. The Labute approximate surface area is 131 Å². The van der Waals surface area contributed by atoms with Crippen LogP contribution in [0.15, 0.2) is 30.3 Å². The summed E-state index contributed by atoms with van der Waals surface area (Å²) in [6.07, 6.45) is 1.84. The van der Waals surface area contributed by atoms with E-state index < -0.39 is 0 Å². The highest BCUT2D eigenvalue weighted by molar-refractivity contribution is 6.03. The molecule has 2 aromatic rings. The number of carbonyl (C=O) groups is 1. The van der Waals surface area contributed by atoms with Crippen molar-refractivity contribution < 1.29 is 4.79 Å². The topological polar surface area (TPSA) is 66.9 Å². The van der Waals surface area contributed by atoms with Gasteiger partial charge in [-0.3, -0.25) is 4.79 Å². The van der Waals surface area contributed by atoms with Crippen LogP contribution in [-0.2, 0) is 6.42 Å². The van der Waals surface area contributed by atoms with Crippen molar-refractivity contribution in [3.8, 4) is 0 Å². The summed E-state index contributed by atoms with van der Waals surface area (Å²) < 4.78 is 0. The quantitative estimate of drug-likeness (QED) is 0.857. The smallest absolute Gasteiger partial charge is 0.274 e. The predicted molar refractivity (Wildman–Crippen MR) is 89.3 cm³/mol. The number of para-hydroxylation sites is 1. The summed E-state index contributed by atoms with van der Waals surface area (Å²) in [5.41, 5.74) is 3.07. The molecule has 22 heavy (non-hydrogen) atoms. The maximum Gasteiger partial charge on any atom is 0.274 e. The molecule has 0 atom stereocenters. The van der Waals surface area contributed by atoms with Gasteiger partial charge in [-0.25, -0.2) is 9.97 Å². The van der Waals surface area contributed by atoms with E-state index in [0.29, 0.717) is 11.6 Å². The highest BCUT2D eigenvalue weighted by atomic mass is 16.1. The standard InChI is InChI=1S/C17H22N4O/c1-4-10-18-17-19-12(3)11-15(21-17)16(22)20-14-9-7-6-8-13(14)5-2/h6-9,11H,4-5,10H2,1-3H3,(H,20,22)(H,18,19,21). The van der Waals surface area contributed by atoms with E-state index in [0.717, 1.165) is 36.3 Å². The fourth-order valence-corrected chi connectivity index (χ4v) is 2.14. The predicted octanol–water partition coefficient (Wildman–Crippen LogP) is 3.42. The first-order valence-corrected chi connectivity index (χ1v) is 7.62. The van der Waals surface area contributed by atoms with Gasteiger partial charge in [0.2, 0.25) is 5.95 Å². The third kappa shape index (κ3) is 4.04. The van der Waals surface area contributed by atoms with Crippen LogP contribution in [0.25, 0.3) is 0 Å². The van der Waals surface area contributed by atoms with Crippen LogP contribution >= 0.6 is 0 Å². The van der Waals surface area contributed by atoms with E-state index in [2.05, 4.69) is 34.4 Å². The maximum atomic E-state index is 12.4. The van der Waals surface area contributed by atoms with Crippen molar-refractivity contribution in [1.82, 2.24) is 9.97 Å². The van der Waals surface area contributed by atoms with Crippen LogP contribution < -0.4 is 10.6 Å². The van der Waals surface area contributed by atoms with E-state index in [9.17, 15) is 4.79 Å². The van der Waals surface area contributed by atoms with Gasteiger partial charge in [-0.1, -0.05) is 32.0 Å². The summed E-state index contributed by atoms with van der Waals surface area (Å²) in [6, 6.07) is 9.49. The number of carbonyl (C=O) groups excluding carboxylic acids is 1. The fourth-order valence-electron chi connectivity index (χ4n) is 2.14. The number of hydrogen-bond donors (Lipinski definition) is 2. The van der Waals surface area contributed by atoms with Gasteiger partial charge in [-0.05, 0) is 37.5 Å². The molecule has 0 spiro atoms. The average Bonchev–Trinajstić information content (AvgIpc) is 2.53. The van der Waals surface area contributed by atoms with E-state index >= 15 is 0 Å². The first kappa shape index (κ1) is 15.9. The molecule has 5 heteroatoms. The number of hydrogen-bond acceptors (Lipinski definition) is 4. The molecule has 1 aromatic heterocycles. The molecule has 0 saturated carbocycles. The molecule has 2 N–H and O–H groups in total. The van der Waals surface area contributed by atoms with Gasteiger partial charge in [-0.2, -0.15) is 0 Å². The third-order valence-corrected chi connectivity index (χ3v) is 3.27. The molecule has 116 valence electrons. The van der Waals surface area contributed by atoms with Crippen LogP contribution in [0.2, 0.25) is 0 Å². The zero-order valence-electron chi connectivity index (χ0n) is 13.3. The van der Waals surface area contributed by atoms with Gasteiger partial charge in [0, 0.05) is 17.9 Å². The second-order valence-electron chi connectivity index (χ2n) is 5.11. The number of nitrogens with zero attached hydrogens (tertiary/aromatic N) is 2. The number of benzene rings is 1. The first-order valence-electron chi connectivity index (χ1n) is 7.62. The van der Waals surface area contributed by atoms with Crippen LogP contribution in [-0.4, -0.2) is 22.4 Å². The molecule has 0 aliphatic rings. The second-order valence-corrected chi connectivity index (χ2v) is 5.11. The molecule has 0 saturated heterocycles. The van der Waals surface area contributed by atoms with Crippen LogP contribution in [0.1, 0.15) is 42.0 Å². The number of anilines is 2. The van der Waals surface area contributed by atoms with Crippen LogP contribution in [0, 0.1) is 6.92 Å². The highest BCUT2D eigenvalue weighted by Gasteiger charge is 2.12. The Balaban J connectivity index is 2.20. The minimum atomic E-state index is -0.217. The molecule has 5 nitrogen and oxygen atoms in total. The van der Waals surface area contributed by atoms with Crippen molar-refractivity contribution in [2.45, 2.75) is 33.6 Å². The van der Waals surface area contributed by atoms with Gasteiger partial charge in [0.25, 0.3) is 5.91 Å². The fraction of sp³-hybridized carbons (Fsp3) is 0.353. The lowest BCUT2D eigenvalue weighted by molar-refractivity contribution is 0.102. The third-order valence-electron chi connectivity index (χ3n) is 3.27. The van der Waals surface area contributed by atoms with Crippen molar-refractivity contribution in [2.75, 3.05) is 17.2 Å². The molecule has 0 bridgehead atoms. The van der Waals surface area contributed by atoms with Gasteiger partial charge in [0.05, 0.1) is 0 Å². The Bertz CT molecular complexity index is 655. The van der Waals surface area contributed by atoms with Crippen molar-refractivity contribution in [1.29, 1.82) is 0 Å². The Hall–Kier alpha value is -2.43. The lowest BCUT2D eigenvalue weighted by Gasteiger charge is -2.10. The number of nitrogens with one attached hydrogen (secondary N) is 2. The van der Waals surface area contributed by atoms with Crippen LogP contribution in [0.5, 0.6) is 0 Å². The Morgan fingerprint density at radius 2 is 1.95 bits per heavy atom. The summed E-state index contributed by atoms with van der Waals surface area (Å²) >= 11 is 0. The first-order chi connectivity index (χ1) is 10.6. The molecule has 1 amide bonds. The summed E-state index contributed by atoms with van der Waals surface area (Å²) in [7, 11) is 0. The molecule has 0 unspecified atom stereocenters. The Morgan fingerprint density at radius 1 is 1.18 bits per heavy atom. The Morgan fingerprint density at radius 3 is 2.68 bits per heavy atom. The Kier molecular flexibility index (Phi) is 5.47. The van der Waals surface area contributed by atoms with Crippen molar-refractivity contribution >= 4 is 17.5 Å². The molecule has 0 fully saturated rings. The van der Waals surface area contributed by atoms with Gasteiger partial charge in [0.15, 0.2) is 0 Å². The lowest BCUT2D eigenvalue weighted by atomic mass is 10.1. The highest BCUT2D eigenvalue weighted by Crippen LogP contribution is 2.16. The molecule has 1 aromatic carbocycles. The summed E-state index contributed by atoms with van der Waals surface area (Å²) in [5.74, 6) is 0.279. The van der Waals surface area contributed by atoms with E-state index in [4.69, 9.17) is 0 Å². The van der Waals surface area contributed by atoms with Gasteiger partial charge >= 0.3 is 0 Å². The van der Waals surface area contributed by atoms with Gasteiger partial charge in [0.1, 0.15) is 5.69 Å². The molecular formula is C17H22N4O. The SMILES string of the molecule is CCCNc1nc(C)cc(C(=O)Nc2ccccc2CC)n1. The minimum Gasteiger partial charge on any atom is -0.354 e. The molecule has 0 aliphatic carbocycles. The van der Waals surface area contributed by atoms with Gasteiger partial charge < -0.3 is 10.6 Å². The van der Waals surface area contributed by atoms with Crippen molar-refractivity contribution in [3.63, 3.8) is 0 Å². The van der Waals surface area contributed by atoms with Crippen LogP contribution in [0.4, 0.5) is 11.6 Å². The summed E-state index contributed by atoms with van der Waals surface area (Å²) in [6.45, 7) is 6.77. The number of rotatable bonds is 6. The number of amides is 1. The largest absolute Gasteiger partial charge is 0.354 e. The second kappa shape index (κ2) is 7.54. The maximum absolute atomic E-state index is 12.4. The molecule has 0 radical (unpaired) electrons.